The number of benzene rings is 2. The first-order chi connectivity index (χ1) is 12.1. The minimum absolute atomic E-state index is 0.377. The first-order valence-corrected chi connectivity index (χ1v) is 8.07. The third-order valence-electron chi connectivity index (χ3n) is 3.49. The molecule has 0 aromatic heterocycles. The van der Waals surface area contributed by atoms with Gasteiger partial charge in [-0.15, -0.1) is 0 Å². The maximum Gasteiger partial charge on any atom is 0.313 e. The van der Waals surface area contributed by atoms with Crippen LogP contribution in [0.5, 0.6) is 11.5 Å². The van der Waals surface area contributed by atoms with Crippen molar-refractivity contribution in [2.75, 3.05) is 25.6 Å². The standard InChI is InChI=1S/C19H22N2O4/c1-3-25-17-10-6-15(7-11-17)21-19(23)18(22)20-13-12-14-4-8-16(24-2)9-5-14/h4-11H,3,12-13H2,1-2H3,(H,20,22)(H,21,23). The Kier molecular flexibility index (Phi) is 6.83. The molecule has 25 heavy (non-hydrogen) atoms. The Balaban J connectivity index is 1.76. The van der Waals surface area contributed by atoms with Crippen molar-refractivity contribution in [2.45, 2.75) is 13.3 Å². The molecule has 132 valence electrons. The summed E-state index contributed by atoms with van der Waals surface area (Å²) in [5, 5.41) is 5.16. The fourth-order valence-electron chi connectivity index (χ4n) is 2.18. The highest BCUT2D eigenvalue weighted by Crippen LogP contribution is 2.15. The van der Waals surface area contributed by atoms with Gasteiger partial charge in [-0.25, -0.2) is 0 Å². The molecule has 0 radical (unpaired) electrons. The highest BCUT2D eigenvalue weighted by atomic mass is 16.5. The van der Waals surface area contributed by atoms with E-state index < -0.39 is 11.8 Å². The van der Waals surface area contributed by atoms with Gasteiger partial charge in [0.1, 0.15) is 11.5 Å². The van der Waals surface area contributed by atoms with E-state index in [4.69, 9.17) is 9.47 Å². The van der Waals surface area contributed by atoms with E-state index in [1.165, 1.54) is 0 Å². The van der Waals surface area contributed by atoms with Crippen LogP contribution in [-0.2, 0) is 16.0 Å². The molecule has 0 aliphatic heterocycles. The van der Waals surface area contributed by atoms with E-state index in [0.717, 1.165) is 11.3 Å². The van der Waals surface area contributed by atoms with E-state index in [-0.39, 0.29) is 0 Å². The lowest BCUT2D eigenvalue weighted by molar-refractivity contribution is -0.136. The third kappa shape index (κ3) is 5.84. The van der Waals surface area contributed by atoms with Crippen molar-refractivity contribution < 1.29 is 19.1 Å². The minimum atomic E-state index is -0.695. The Morgan fingerprint density at radius 1 is 0.920 bits per heavy atom. The van der Waals surface area contributed by atoms with Crippen LogP contribution in [0.25, 0.3) is 0 Å². The highest BCUT2D eigenvalue weighted by Gasteiger charge is 2.13. The molecular weight excluding hydrogens is 320 g/mol. The maximum atomic E-state index is 11.9. The summed E-state index contributed by atoms with van der Waals surface area (Å²) in [6, 6.07) is 14.4. The molecular formula is C19H22N2O4. The first kappa shape index (κ1) is 18.3. The van der Waals surface area contributed by atoms with Crippen LogP contribution < -0.4 is 20.1 Å². The van der Waals surface area contributed by atoms with Crippen molar-refractivity contribution in [3.05, 3.63) is 54.1 Å². The number of nitrogens with one attached hydrogen (secondary N) is 2. The largest absolute Gasteiger partial charge is 0.497 e. The number of hydrogen-bond donors (Lipinski definition) is 2. The van der Waals surface area contributed by atoms with Crippen LogP contribution in [-0.4, -0.2) is 32.1 Å². The van der Waals surface area contributed by atoms with Gasteiger partial charge in [-0.1, -0.05) is 12.1 Å². The van der Waals surface area contributed by atoms with Gasteiger partial charge in [-0.05, 0) is 55.3 Å². The monoisotopic (exact) mass is 342 g/mol. The van der Waals surface area contributed by atoms with E-state index >= 15 is 0 Å². The van der Waals surface area contributed by atoms with Crippen LogP contribution >= 0.6 is 0 Å². The summed E-state index contributed by atoms with van der Waals surface area (Å²) in [7, 11) is 1.61. The number of rotatable bonds is 7. The molecule has 6 nitrogen and oxygen atoms in total. The molecule has 0 spiro atoms. The smallest absolute Gasteiger partial charge is 0.313 e. The Bertz CT molecular complexity index is 696. The summed E-state index contributed by atoms with van der Waals surface area (Å²) in [6.45, 7) is 2.84. The summed E-state index contributed by atoms with van der Waals surface area (Å²) in [5.41, 5.74) is 1.59. The molecule has 2 aromatic carbocycles. The molecule has 0 saturated carbocycles. The zero-order valence-electron chi connectivity index (χ0n) is 14.4. The number of methoxy groups -OCH3 is 1. The predicted octanol–water partition coefficient (Wildman–Crippen LogP) is 2.39. The molecule has 0 atom stereocenters. The van der Waals surface area contributed by atoms with E-state index in [1.54, 1.807) is 31.4 Å². The number of carbonyl (C=O) groups is 2. The topological polar surface area (TPSA) is 76.7 Å². The van der Waals surface area contributed by atoms with Crippen molar-refractivity contribution in [1.29, 1.82) is 0 Å². The van der Waals surface area contributed by atoms with Gasteiger partial charge in [0.15, 0.2) is 0 Å². The molecule has 2 aromatic rings. The summed E-state index contributed by atoms with van der Waals surface area (Å²) in [4.78, 5) is 23.7. The van der Waals surface area contributed by atoms with Crippen LogP contribution in [0.3, 0.4) is 0 Å². The molecule has 6 heteroatoms. The van der Waals surface area contributed by atoms with Gasteiger partial charge in [-0.2, -0.15) is 0 Å². The molecule has 0 heterocycles. The molecule has 0 aliphatic rings. The summed E-state index contributed by atoms with van der Waals surface area (Å²) in [5.74, 6) is 0.133. The molecule has 2 N–H and O–H groups in total. The molecule has 0 bridgehead atoms. The van der Waals surface area contributed by atoms with Crippen molar-refractivity contribution in [3.63, 3.8) is 0 Å². The fraction of sp³-hybridized carbons (Fsp3) is 0.263. The number of carbonyl (C=O) groups excluding carboxylic acids is 2. The van der Waals surface area contributed by atoms with Gasteiger partial charge in [0.25, 0.3) is 0 Å². The maximum absolute atomic E-state index is 11.9. The van der Waals surface area contributed by atoms with E-state index in [0.29, 0.717) is 31.0 Å². The van der Waals surface area contributed by atoms with E-state index in [9.17, 15) is 9.59 Å². The van der Waals surface area contributed by atoms with Crippen LogP contribution in [0, 0.1) is 0 Å². The lowest BCUT2D eigenvalue weighted by atomic mass is 10.1. The van der Waals surface area contributed by atoms with Gasteiger partial charge in [0.05, 0.1) is 13.7 Å². The number of ether oxygens (including phenoxy) is 2. The van der Waals surface area contributed by atoms with Gasteiger partial charge in [0, 0.05) is 12.2 Å². The zero-order chi connectivity index (χ0) is 18.1. The second kappa shape index (κ2) is 9.32. The van der Waals surface area contributed by atoms with Gasteiger partial charge in [-0.3, -0.25) is 9.59 Å². The number of hydrogen-bond acceptors (Lipinski definition) is 4. The molecule has 0 aliphatic carbocycles. The number of amides is 2. The normalized spacial score (nSPS) is 10.0. The van der Waals surface area contributed by atoms with Crippen LogP contribution in [0.2, 0.25) is 0 Å². The van der Waals surface area contributed by atoms with Crippen molar-refractivity contribution >= 4 is 17.5 Å². The van der Waals surface area contributed by atoms with Crippen molar-refractivity contribution in [1.82, 2.24) is 5.32 Å². The van der Waals surface area contributed by atoms with Gasteiger partial charge in [0.2, 0.25) is 0 Å². The second-order valence-electron chi connectivity index (χ2n) is 5.27. The van der Waals surface area contributed by atoms with E-state index in [2.05, 4.69) is 10.6 Å². The third-order valence-corrected chi connectivity index (χ3v) is 3.49. The Hall–Kier alpha value is -3.02. The zero-order valence-corrected chi connectivity index (χ0v) is 14.4. The summed E-state index contributed by atoms with van der Waals surface area (Å²) >= 11 is 0. The van der Waals surface area contributed by atoms with Crippen molar-refractivity contribution in [3.8, 4) is 11.5 Å². The molecule has 0 unspecified atom stereocenters. The Morgan fingerprint density at radius 3 is 2.16 bits per heavy atom. The average Bonchev–Trinajstić information content (AvgIpc) is 2.64. The van der Waals surface area contributed by atoms with Crippen LogP contribution in [0.4, 0.5) is 5.69 Å². The predicted molar refractivity (Wildman–Crippen MR) is 95.9 cm³/mol. The van der Waals surface area contributed by atoms with Crippen LogP contribution in [0.15, 0.2) is 48.5 Å². The fourth-order valence-corrected chi connectivity index (χ4v) is 2.18. The van der Waals surface area contributed by atoms with Gasteiger partial charge < -0.3 is 20.1 Å². The molecule has 2 rings (SSSR count). The Morgan fingerprint density at radius 2 is 1.56 bits per heavy atom. The Labute approximate surface area is 147 Å². The first-order valence-electron chi connectivity index (χ1n) is 8.07. The highest BCUT2D eigenvalue weighted by molar-refractivity contribution is 6.39. The molecule has 2 amide bonds. The minimum Gasteiger partial charge on any atom is -0.497 e. The summed E-state index contributed by atoms with van der Waals surface area (Å²) < 4.78 is 10.4. The summed E-state index contributed by atoms with van der Waals surface area (Å²) in [6.07, 6.45) is 0.631. The van der Waals surface area contributed by atoms with Gasteiger partial charge >= 0.3 is 11.8 Å². The SMILES string of the molecule is CCOc1ccc(NC(=O)C(=O)NCCc2ccc(OC)cc2)cc1. The number of anilines is 1. The lowest BCUT2D eigenvalue weighted by Crippen LogP contribution is -2.36. The molecule has 0 saturated heterocycles. The second-order valence-corrected chi connectivity index (χ2v) is 5.27. The quantitative estimate of drug-likeness (QED) is 0.758. The van der Waals surface area contributed by atoms with E-state index in [1.807, 2.05) is 31.2 Å². The molecule has 0 fully saturated rings. The van der Waals surface area contributed by atoms with Crippen LogP contribution in [0.1, 0.15) is 12.5 Å². The lowest BCUT2D eigenvalue weighted by Gasteiger charge is -2.08. The average molecular weight is 342 g/mol. The van der Waals surface area contributed by atoms with Crippen molar-refractivity contribution in [2.24, 2.45) is 0 Å².